The number of likely N-dealkylation sites (tertiary alicyclic amines) is 1. The number of anilines is 2. The summed E-state index contributed by atoms with van der Waals surface area (Å²) in [6.45, 7) is 5.37. The molecule has 1 saturated heterocycles. The van der Waals surface area contributed by atoms with Crippen molar-refractivity contribution < 1.29 is 41.8 Å². The van der Waals surface area contributed by atoms with Crippen LogP contribution >= 0.6 is 11.6 Å². The van der Waals surface area contributed by atoms with Gasteiger partial charge in [0.25, 0.3) is 5.91 Å². The molecule has 4 rings (SSSR count). The van der Waals surface area contributed by atoms with E-state index in [-0.39, 0.29) is 54.7 Å². The summed E-state index contributed by atoms with van der Waals surface area (Å²) in [5.74, 6) is -1.63. The van der Waals surface area contributed by atoms with Gasteiger partial charge in [-0.2, -0.15) is 0 Å². The Morgan fingerprint density at radius 2 is 1.80 bits per heavy atom. The predicted octanol–water partition coefficient (Wildman–Crippen LogP) is 3.56. The van der Waals surface area contributed by atoms with Crippen molar-refractivity contribution in [1.29, 1.82) is 0 Å². The molecule has 2 aromatic carbocycles. The molecule has 2 amide bonds. The van der Waals surface area contributed by atoms with E-state index in [4.69, 9.17) is 25.5 Å². The molecular formula is C34H41ClN5O9S-. The summed E-state index contributed by atoms with van der Waals surface area (Å²) < 4.78 is 40.9. The molecule has 3 aromatic rings. The topological polar surface area (TPSA) is 191 Å². The van der Waals surface area contributed by atoms with Gasteiger partial charge in [0.05, 0.1) is 48.3 Å². The summed E-state index contributed by atoms with van der Waals surface area (Å²) in [4.78, 5) is 54.9. The number of nitrogens with one attached hydrogen (secondary N) is 4. The summed E-state index contributed by atoms with van der Waals surface area (Å²) in [5, 5.41) is 9.08. The van der Waals surface area contributed by atoms with Crippen LogP contribution in [-0.2, 0) is 48.1 Å². The Kier molecular flexibility index (Phi) is 14.2. The first-order valence-electron chi connectivity index (χ1n) is 16.2. The van der Waals surface area contributed by atoms with E-state index in [2.05, 4.69) is 20.7 Å². The van der Waals surface area contributed by atoms with Crippen molar-refractivity contribution in [3.8, 4) is 0 Å². The quantitative estimate of drug-likeness (QED) is 0.117. The van der Waals surface area contributed by atoms with E-state index in [0.29, 0.717) is 18.6 Å². The summed E-state index contributed by atoms with van der Waals surface area (Å²) in [7, 11) is 0. The van der Waals surface area contributed by atoms with Crippen molar-refractivity contribution >= 4 is 58.0 Å². The number of hydrogen-bond donors (Lipinski definition) is 4. The van der Waals surface area contributed by atoms with Gasteiger partial charge in [-0.1, -0.05) is 41.9 Å². The fourth-order valence-electron chi connectivity index (χ4n) is 5.67. The van der Waals surface area contributed by atoms with Crippen molar-refractivity contribution in [2.45, 2.75) is 70.7 Å². The molecule has 1 aliphatic heterocycles. The predicted molar refractivity (Wildman–Crippen MR) is 186 cm³/mol. The summed E-state index contributed by atoms with van der Waals surface area (Å²) in [5.41, 5.74) is 1.34. The minimum Gasteiger partial charge on any atom is -0.755 e. The molecule has 270 valence electrons. The molecule has 5 atom stereocenters. The molecule has 3 unspecified atom stereocenters. The lowest BCUT2D eigenvalue weighted by molar-refractivity contribution is -0.154. The normalized spacial score (nSPS) is 17.3. The van der Waals surface area contributed by atoms with Crippen LogP contribution in [0.15, 0.2) is 65.3 Å². The monoisotopic (exact) mass is 730 g/mol. The number of ether oxygens (including phenoxy) is 2. The number of carbonyl (C=O) groups is 4. The first kappa shape index (κ1) is 38.4. The van der Waals surface area contributed by atoms with Gasteiger partial charge in [0.2, 0.25) is 5.91 Å². The molecule has 2 heterocycles. The zero-order valence-corrected chi connectivity index (χ0v) is 29.5. The van der Waals surface area contributed by atoms with Gasteiger partial charge in [-0.15, -0.1) is 0 Å². The molecule has 1 aromatic heterocycles. The highest BCUT2D eigenvalue weighted by atomic mass is 35.5. The number of esters is 2. The van der Waals surface area contributed by atoms with Crippen LogP contribution in [0.2, 0.25) is 5.02 Å². The van der Waals surface area contributed by atoms with Crippen LogP contribution in [-0.4, -0.2) is 81.3 Å². The average Bonchev–Trinajstić information content (AvgIpc) is 3.77. The second-order valence-electron chi connectivity index (χ2n) is 11.5. The largest absolute Gasteiger partial charge is 0.755 e. The van der Waals surface area contributed by atoms with Crippen LogP contribution < -0.4 is 20.7 Å². The van der Waals surface area contributed by atoms with Crippen LogP contribution in [0.25, 0.3) is 0 Å². The smallest absolute Gasteiger partial charge is 0.328 e. The van der Waals surface area contributed by atoms with Crippen molar-refractivity contribution in [3.05, 3.63) is 82.8 Å². The Hall–Kier alpha value is -4.44. The number of benzene rings is 2. The minimum absolute atomic E-state index is 0.0235. The molecule has 0 spiro atoms. The Balaban J connectivity index is 1.52. The number of nitrogens with zero attached hydrogens (tertiary/aromatic N) is 1. The SMILES string of the molecule is CCOC(=O)[C@H](CCc1ccccc1)NC(C)C(=O)N1CC(NC(=O)c2cc(NS(=O)[O-])c(Cl)cc2NCc2ccco2)C[C@H]1C(=O)OCC. The summed E-state index contributed by atoms with van der Waals surface area (Å²) >= 11 is 3.59. The van der Waals surface area contributed by atoms with E-state index < -0.39 is 59.2 Å². The van der Waals surface area contributed by atoms with E-state index in [1.807, 2.05) is 30.3 Å². The molecule has 0 aliphatic carbocycles. The van der Waals surface area contributed by atoms with Gasteiger partial charge in [0, 0.05) is 36.0 Å². The number of aryl methyl sites for hydroxylation is 1. The van der Waals surface area contributed by atoms with Crippen LogP contribution in [0.3, 0.4) is 0 Å². The average molecular weight is 731 g/mol. The van der Waals surface area contributed by atoms with Crippen molar-refractivity contribution in [3.63, 3.8) is 0 Å². The van der Waals surface area contributed by atoms with Crippen molar-refractivity contribution in [2.75, 3.05) is 29.8 Å². The Morgan fingerprint density at radius 3 is 2.46 bits per heavy atom. The zero-order valence-electron chi connectivity index (χ0n) is 27.9. The maximum atomic E-state index is 13.9. The second kappa shape index (κ2) is 18.5. The minimum atomic E-state index is -2.72. The maximum absolute atomic E-state index is 13.9. The van der Waals surface area contributed by atoms with Gasteiger partial charge >= 0.3 is 11.9 Å². The fraction of sp³-hybridized carbons (Fsp3) is 0.412. The third kappa shape index (κ3) is 10.5. The van der Waals surface area contributed by atoms with E-state index >= 15 is 0 Å². The van der Waals surface area contributed by atoms with Gasteiger partial charge in [-0.05, 0) is 63.4 Å². The molecule has 1 aliphatic rings. The van der Waals surface area contributed by atoms with Crippen LogP contribution in [0.4, 0.5) is 11.4 Å². The van der Waals surface area contributed by atoms with Gasteiger partial charge in [0.1, 0.15) is 17.8 Å². The zero-order chi connectivity index (χ0) is 36.2. The lowest BCUT2D eigenvalue weighted by Gasteiger charge is -2.28. The maximum Gasteiger partial charge on any atom is 0.328 e. The Bertz CT molecular complexity index is 1640. The van der Waals surface area contributed by atoms with Crippen molar-refractivity contribution in [2.24, 2.45) is 0 Å². The molecule has 50 heavy (non-hydrogen) atoms. The molecular weight excluding hydrogens is 690 g/mol. The van der Waals surface area contributed by atoms with E-state index in [1.54, 1.807) is 32.9 Å². The highest BCUT2D eigenvalue weighted by Crippen LogP contribution is 2.31. The third-order valence-electron chi connectivity index (χ3n) is 8.01. The number of rotatable bonds is 17. The van der Waals surface area contributed by atoms with Gasteiger partial charge in [0.15, 0.2) is 0 Å². The Labute approximate surface area is 298 Å². The van der Waals surface area contributed by atoms with Crippen LogP contribution in [0, 0.1) is 0 Å². The molecule has 4 N–H and O–H groups in total. The highest BCUT2D eigenvalue weighted by Gasteiger charge is 2.43. The molecule has 0 bridgehead atoms. The lowest BCUT2D eigenvalue weighted by atomic mass is 10.0. The number of halogens is 1. The fourth-order valence-corrected chi connectivity index (χ4v) is 6.28. The van der Waals surface area contributed by atoms with Gasteiger partial charge in [-0.25, -0.2) is 4.79 Å². The number of furan rings is 1. The van der Waals surface area contributed by atoms with E-state index in [1.165, 1.54) is 23.3 Å². The van der Waals surface area contributed by atoms with E-state index in [0.717, 1.165) is 5.56 Å². The second-order valence-corrected chi connectivity index (χ2v) is 12.6. The number of amides is 2. The molecule has 0 radical (unpaired) electrons. The standard InChI is InChI=1S/C34H42ClN5O9S/c1-4-47-33(43)27(14-13-22-10-7-6-8-11-22)37-21(3)32(42)40-20-23(16-30(40)34(44)48-5-2)38-31(41)25-17-29(39-50(45)46)26(35)18-28(25)36-19-24-12-9-15-49-24/h6-12,15,17-18,21,23,27,30,36-37,39H,4-5,13-14,16,19-20H2,1-3H3,(H,38,41)(H,45,46)/p-1/t21?,23?,27-,30-/m0/s1. The van der Waals surface area contributed by atoms with Crippen LogP contribution in [0.5, 0.6) is 0 Å². The molecule has 14 nitrogen and oxygen atoms in total. The van der Waals surface area contributed by atoms with Gasteiger partial charge in [-0.3, -0.25) is 23.9 Å². The third-order valence-corrected chi connectivity index (χ3v) is 8.71. The van der Waals surface area contributed by atoms with Crippen LogP contribution in [0.1, 0.15) is 55.3 Å². The summed E-state index contributed by atoms with van der Waals surface area (Å²) in [6, 6.07) is 12.3. The number of carbonyl (C=O) groups excluding carboxylic acids is 4. The first-order chi connectivity index (χ1) is 24.0. The number of hydrogen-bond acceptors (Lipinski definition) is 11. The summed E-state index contributed by atoms with van der Waals surface area (Å²) in [6.07, 6.45) is 2.48. The van der Waals surface area contributed by atoms with E-state index in [9.17, 15) is 27.9 Å². The molecule has 16 heteroatoms. The molecule has 1 fully saturated rings. The van der Waals surface area contributed by atoms with Crippen molar-refractivity contribution in [1.82, 2.24) is 15.5 Å². The highest BCUT2D eigenvalue weighted by molar-refractivity contribution is 7.80. The first-order valence-corrected chi connectivity index (χ1v) is 17.7. The van der Waals surface area contributed by atoms with Gasteiger partial charge < -0.3 is 38.7 Å². The molecule has 0 saturated carbocycles. The Morgan fingerprint density at radius 1 is 1.06 bits per heavy atom. The lowest BCUT2D eigenvalue weighted by Crippen LogP contribution is -2.53.